The van der Waals surface area contributed by atoms with Crippen LogP contribution in [-0.4, -0.2) is 19.6 Å². The number of aromatic nitrogens is 3. The van der Waals surface area contributed by atoms with E-state index in [0.29, 0.717) is 11.4 Å². The van der Waals surface area contributed by atoms with Gasteiger partial charge in [-0.15, -0.1) is 29.3 Å². The Kier molecular flexibility index (Phi) is 12.4. The summed E-state index contributed by atoms with van der Waals surface area (Å²) >= 11 is 0. The quantitative estimate of drug-likeness (QED) is 0.175. The van der Waals surface area contributed by atoms with E-state index in [1.165, 1.54) is 16.7 Å². The molecule has 0 spiro atoms. The number of phenolic OH excluding ortho intramolecular Hbond substituents is 1. The van der Waals surface area contributed by atoms with Crippen molar-refractivity contribution in [2.45, 2.75) is 138 Å². The third-order valence-corrected chi connectivity index (χ3v) is 12.1. The molecule has 4 nitrogen and oxygen atoms in total. The first-order valence-corrected chi connectivity index (χ1v) is 21.9. The summed E-state index contributed by atoms with van der Waals surface area (Å²) in [6.45, 7) is 35.8. The van der Waals surface area contributed by atoms with Crippen LogP contribution in [-0.2, 0) is 48.1 Å². The summed E-state index contributed by atoms with van der Waals surface area (Å²) in [5, 5.41) is 12.6. The van der Waals surface area contributed by atoms with Crippen molar-refractivity contribution < 1.29 is 26.2 Å². The van der Waals surface area contributed by atoms with Crippen molar-refractivity contribution in [3.63, 3.8) is 0 Å². The van der Waals surface area contributed by atoms with Crippen molar-refractivity contribution in [3.8, 4) is 56.3 Å². The van der Waals surface area contributed by atoms with Crippen LogP contribution in [0, 0.1) is 13.0 Å². The maximum atomic E-state index is 12.6. The Labute approximate surface area is 386 Å². The molecule has 0 bridgehead atoms. The second-order valence-corrected chi connectivity index (χ2v) is 22.3. The van der Waals surface area contributed by atoms with E-state index in [1.54, 1.807) is 0 Å². The predicted octanol–water partition coefficient (Wildman–Crippen LogP) is 15.4. The standard InChI is InChI=1S/C57H66N3O.Pt/c1-35-24-25-58-47(26-35)38-27-37(28-40(29-38)54(5,6)7)44-30-42(56(11,12)13)34-49-50(44)59-52(45-31-41(55(8,9)10)32-46(51(45)61)57(14,15)16)60(49)48-33-39(53(2,3)4)22-23-43(48)36-20-18-17-19-21-36;/h17-26,28-34,61H,1-16H3;/q-1;. The molecule has 0 atom stereocenters. The number of hydrogen-bond donors (Lipinski definition) is 1. The van der Waals surface area contributed by atoms with Crippen LogP contribution < -0.4 is 0 Å². The van der Waals surface area contributed by atoms with Gasteiger partial charge in [-0.25, -0.2) is 4.98 Å². The van der Waals surface area contributed by atoms with Crippen LogP contribution in [0.25, 0.3) is 61.6 Å². The molecule has 0 amide bonds. The fraction of sp³-hybridized carbons (Fsp3) is 0.368. The van der Waals surface area contributed by atoms with E-state index in [-0.39, 0.29) is 53.9 Å². The van der Waals surface area contributed by atoms with Crippen molar-refractivity contribution in [2.75, 3.05) is 0 Å². The second kappa shape index (κ2) is 16.4. The molecule has 62 heavy (non-hydrogen) atoms. The predicted molar refractivity (Wildman–Crippen MR) is 259 cm³/mol. The molecule has 0 unspecified atom stereocenters. The van der Waals surface area contributed by atoms with Gasteiger partial charge in [-0.1, -0.05) is 181 Å². The second-order valence-electron chi connectivity index (χ2n) is 22.3. The Morgan fingerprint density at radius 3 is 1.68 bits per heavy atom. The molecular formula is C57H66N3OPt-. The molecule has 0 aliphatic carbocycles. The van der Waals surface area contributed by atoms with Crippen LogP contribution in [0.3, 0.4) is 0 Å². The van der Waals surface area contributed by atoms with E-state index < -0.39 is 0 Å². The topological polar surface area (TPSA) is 50.9 Å². The Balaban J connectivity index is 0.00000641. The van der Waals surface area contributed by atoms with Crippen molar-refractivity contribution in [1.29, 1.82) is 0 Å². The Morgan fingerprint density at radius 2 is 1.10 bits per heavy atom. The van der Waals surface area contributed by atoms with Gasteiger partial charge in [-0.05, 0) is 80.5 Å². The third kappa shape index (κ3) is 9.28. The number of rotatable bonds is 5. The molecule has 0 aliphatic rings. The van der Waals surface area contributed by atoms with E-state index in [4.69, 9.17) is 9.97 Å². The molecule has 2 aromatic heterocycles. The van der Waals surface area contributed by atoms with Crippen LogP contribution >= 0.6 is 0 Å². The normalized spacial score (nSPS) is 12.8. The number of benzene rings is 5. The third-order valence-electron chi connectivity index (χ3n) is 12.1. The average Bonchev–Trinajstić information content (AvgIpc) is 3.55. The molecule has 5 heteroatoms. The Morgan fingerprint density at radius 1 is 0.532 bits per heavy atom. The number of fused-ring (bicyclic) bond motifs is 1. The maximum absolute atomic E-state index is 12.6. The van der Waals surface area contributed by atoms with Gasteiger partial charge >= 0.3 is 0 Å². The molecule has 326 valence electrons. The van der Waals surface area contributed by atoms with Crippen LogP contribution in [0.1, 0.15) is 137 Å². The molecule has 0 fully saturated rings. The van der Waals surface area contributed by atoms with Gasteiger partial charge in [0.25, 0.3) is 0 Å². The minimum atomic E-state index is -0.328. The van der Waals surface area contributed by atoms with Crippen LogP contribution in [0.15, 0.2) is 103 Å². The SMILES string of the molecule is Cc1ccnc(-c2[c-]c(-c3cc(C(C)(C)C)cc4c3nc(-c3cc(C(C)(C)C)cc(C(C)(C)C)c3O)n4-c3cc(C(C)(C)C)ccc3-c3ccccc3)cc(C(C)(C)C)c2)c1.[Pt]. The van der Waals surface area contributed by atoms with Crippen molar-refractivity contribution in [1.82, 2.24) is 14.5 Å². The first-order chi connectivity index (χ1) is 28.2. The summed E-state index contributed by atoms with van der Waals surface area (Å²) in [7, 11) is 0. The number of phenols is 1. The molecule has 2 heterocycles. The Hall–Kier alpha value is -4.79. The molecule has 0 aliphatic heterocycles. The van der Waals surface area contributed by atoms with Crippen molar-refractivity contribution >= 4 is 11.0 Å². The molecule has 7 rings (SSSR count). The van der Waals surface area contributed by atoms with Gasteiger partial charge in [0, 0.05) is 44.1 Å². The fourth-order valence-electron chi connectivity index (χ4n) is 8.06. The minimum Gasteiger partial charge on any atom is -0.507 e. The zero-order valence-corrected chi connectivity index (χ0v) is 42.2. The van der Waals surface area contributed by atoms with Gasteiger partial charge in [0.2, 0.25) is 0 Å². The summed E-state index contributed by atoms with van der Waals surface area (Å²) in [6.07, 6.45) is 1.88. The molecule has 0 saturated heterocycles. The summed E-state index contributed by atoms with van der Waals surface area (Å²) in [5.41, 5.74) is 15.4. The number of pyridine rings is 1. The van der Waals surface area contributed by atoms with Gasteiger partial charge in [0.15, 0.2) is 0 Å². The maximum Gasteiger partial charge on any atom is 0.148 e. The summed E-state index contributed by atoms with van der Waals surface area (Å²) < 4.78 is 2.34. The molecule has 5 aromatic carbocycles. The summed E-state index contributed by atoms with van der Waals surface area (Å²) in [4.78, 5) is 10.6. The van der Waals surface area contributed by atoms with E-state index >= 15 is 0 Å². The monoisotopic (exact) mass is 1000 g/mol. The number of hydrogen-bond acceptors (Lipinski definition) is 3. The molecule has 1 N–H and O–H groups in total. The van der Waals surface area contributed by atoms with Crippen LogP contribution in [0.2, 0.25) is 0 Å². The zero-order chi connectivity index (χ0) is 44.6. The largest absolute Gasteiger partial charge is 0.507 e. The van der Waals surface area contributed by atoms with E-state index in [1.807, 2.05) is 12.3 Å². The number of aryl methyl sites for hydroxylation is 1. The van der Waals surface area contributed by atoms with Gasteiger partial charge < -0.3 is 5.11 Å². The van der Waals surface area contributed by atoms with Gasteiger partial charge in [0.05, 0.1) is 22.3 Å². The van der Waals surface area contributed by atoms with Crippen molar-refractivity contribution in [2.24, 2.45) is 0 Å². The van der Waals surface area contributed by atoms with Crippen molar-refractivity contribution in [3.05, 3.63) is 143 Å². The van der Waals surface area contributed by atoms with Gasteiger partial charge in [-0.3, -0.25) is 9.55 Å². The Bertz CT molecular complexity index is 2770. The smallest absolute Gasteiger partial charge is 0.148 e. The summed E-state index contributed by atoms with van der Waals surface area (Å²) in [5.74, 6) is 0.962. The zero-order valence-electron chi connectivity index (χ0n) is 39.9. The first-order valence-electron chi connectivity index (χ1n) is 21.9. The van der Waals surface area contributed by atoms with E-state index in [0.717, 1.165) is 66.9 Å². The number of aromatic hydroxyl groups is 1. The van der Waals surface area contributed by atoms with Gasteiger partial charge in [0.1, 0.15) is 11.6 Å². The minimum absolute atomic E-state index is 0. The first kappa shape index (κ1) is 46.7. The molecule has 0 saturated carbocycles. The number of imidazole rings is 1. The van der Waals surface area contributed by atoms with E-state index in [2.05, 4.69) is 212 Å². The van der Waals surface area contributed by atoms with E-state index in [9.17, 15) is 5.11 Å². The number of nitrogens with zero attached hydrogens (tertiary/aromatic N) is 3. The fourth-order valence-corrected chi connectivity index (χ4v) is 8.06. The average molecular weight is 1000 g/mol. The molecule has 0 radical (unpaired) electrons. The summed E-state index contributed by atoms with van der Waals surface area (Å²) in [6, 6.07) is 39.1. The van der Waals surface area contributed by atoms with Crippen LogP contribution in [0.4, 0.5) is 0 Å². The van der Waals surface area contributed by atoms with Gasteiger partial charge in [-0.2, -0.15) is 0 Å². The molecule has 7 aromatic rings. The van der Waals surface area contributed by atoms with Crippen LogP contribution in [0.5, 0.6) is 5.75 Å². The molecular weight excluding hydrogens is 938 g/mol.